The minimum atomic E-state index is -4.57. The number of aromatic carboxylic acids is 1. The van der Waals surface area contributed by atoms with Crippen molar-refractivity contribution in [2.75, 3.05) is 0 Å². The Labute approximate surface area is 152 Å². The zero-order chi connectivity index (χ0) is 19.6. The van der Waals surface area contributed by atoms with Gasteiger partial charge in [0, 0.05) is 6.54 Å². The standard InChI is InChI=1S/C19H16F3N3O2/c20-19(21,22)17-9-16(14-5-1-12(10-23)2-6-14)25(24-17)11-13-3-7-15(8-4-13)18(26)27/h1-9H,10-11,23H2,(H,26,27). The van der Waals surface area contributed by atoms with E-state index in [-0.39, 0.29) is 12.1 Å². The van der Waals surface area contributed by atoms with E-state index in [1.807, 2.05) is 0 Å². The van der Waals surface area contributed by atoms with E-state index in [1.54, 1.807) is 36.4 Å². The molecule has 0 aliphatic heterocycles. The number of benzene rings is 2. The van der Waals surface area contributed by atoms with Gasteiger partial charge in [0.15, 0.2) is 5.69 Å². The van der Waals surface area contributed by atoms with Crippen molar-refractivity contribution < 1.29 is 23.1 Å². The Balaban J connectivity index is 1.99. The molecule has 0 spiro atoms. The van der Waals surface area contributed by atoms with E-state index in [9.17, 15) is 18.0 Å². The topological polar surface area (TPSA) is 81.1 Å². The monoisotopic (exact) mass is 375 g/mol. The zero-order valence-electron chi connectivity index (χ0n) is 14.1. The number of hydrogen-bond acceptors (Lipinski definition) is 3. The van der Waals surface area contributed by atoms with Crippen LogP contribution in [0.25, 0.3) is 11.3 Å². The average Bonchev–Trinajstić information content (AvgIpc) is 3.06. The van der Waals surface area contributed by atoms with Crippen LogP contribution in [0.1, 0.15) is 27.2 Å². The van der Waals surface area contributed by atoms with Crippen LogP contribution in [0.5, 0.6) is 0 Å². The molecule has 0 aliphatic carbocycles. The maximum Gasteiger partial charge on any atom is 0.435 e. The molecule has 0 saturated carbocycles. The molecule has 1 aromatic heterocycles. The Morgan fingerprint density at radius 1 is 1.04 bits per heavy atom. The number of nitrogens with two attached hydrogens (primary N) is 1. The summed E-state index contributed by atoms with van der Waals surface area (Å²) in [6, 6.07) is 13.8. The third-order valence-corrected chi connectivity index (χ3v) is 4.09. The first-order chi connectivity index (χ1) is 12.8. The lowest BCUT2D eigenvalue weighted by Gasteiger charge is -2.09. The molecule has 5 nitrogen and oxygen atoms in total. The summed E-state index contributed by atoms with van der Waals surface area (Å²) < 4.78 is 40.7. The number of alkyl halides is 3. The Kier molecular flexibility index (Phi) is 5.00. The number of nitrogens with zero attached hydrogens (tertiary/aromatic N) is 2. The molecule has 140 valence electrons. The van der Waals surface area contributed by atoms with Gasteiger partial charge in [0.25, 0.3) is 0 Å². The number of carboxylic acids is 1. The van der Waals surface area contributed by atoms with Gasteiger partial charge in [-0.15, -0.1) is 0 Å². The van der Waals surface area contributed by atoms with Gasteiger partial charge in [-0.3, -0.25) is 4.68 Å². The van der Waals surface area contributed by atoms with Gasteiger partial charge in [0.05, 0.1) is 17.8 Å². The van der Waals surface area contributed by atoms with Gasteiger partial charge >= 0.3 is 12.1 Å². The van der Waals surface area contributed by atoms with Gasteiger partial charge in [-0.1, -0.05) is 36.4 Å². The second kappa shape index (κ2) is 7.24. The molecule has 0 amide bonds. The minimum absolute atomic E-state index is 0.0734. The predicted molar refractivity (Wildman–Crippen MR) is 93.1 cm³/mol. The van der Waals surface area contributed by atoms with Crippen LogP contribution in [-0.4, -0.2) is 20.9 Å². The highest BCUT2D eigenvalue weighted by Crippen LogP contribution is 2.32. The fraction of sp³-hybridized carbons (Fsp3) is 0.158. The Bertz CT molecular complexity index is 946. The molecule has 3 rings (SSSR count). The van der Waals surface area contributed by atoms with Gasteiger partial charge in [-0.05, 0) is 34.9 Å². The van der Waals surface area contributed by atoms with Crippen molar-refractivity contribution in [2.45, 2.75) is 19.3 Å². The highest BCUT2D eigenvalue weighted by molar-refractivity contribution is 5.87. The Morgan fingerprint density at radius 3 is 2.15 bits per heavy atom. The zero-order valence-corrected chi connectivity index (χ0v) is 14.1. The lowest BCUT2D eigenvalue weighted by molar-refractivity contribution is -0.141. The minimum Gasteiger partial charge on any atom is -0.478 e. The first-order valence-corrected chi connectivity index (χ1v) is 8.04. The molecule has 3 aromatic rings. The van der Waals surface area contributed by atoms with E-state index in [0.717, 1.165) is 11.6 Å². The van der Waals surface area contributed by atoms with Crippen LogP contribution in [-0.2, 0) is 19.3 Å². The first kappa shape index (κ1) is 18.7. The molecule has 8 heteroatoms. The molecule has 2 aromatic carbocycles. The average molecular weight is 375 g/mol. The number of halogens is 3. The number of hydrogen-bond donors (Lipinski definition) is 2. The smallest absolute Gasteiger partial charge is 0.435 e. The van der Waals surface area contributed by atoms with Crippen LogP contribution < -0.4 is 5.73 Å². The van der Waals surface area contributed by atoms with Crippen molar-refractivity contribution in [2.24, 2.45) is 5.73 Å². The second-order valence-corrected chi connectivity index (χ2v) is 5.97. The summed E-state index contributed by atoms with van der Waals surface area (Å²) in [4.78, 5) is 10.9. The van der Waals surface area contributed by atoms with E-state index in [4.69, 9.17) is 10.8 Å². The fourth-order valence-corrected chi connectivity index (χ4v) is 2.65. The maximum absolute atomic E-state index is 13.1. The largest absolute Gasteiger partial charge is 0.478 e. The second-order valence-electron chi connectivity index (χ2n) is 5.97. The van der Waals surface area contributed by atoms with Crippen LogP contribution >= 0.6 is 0 Å². The van der Waals surface area contributed by atoms with Crippen molar-refractivity contribution in [3.63, 3.8) is 0 Å². The molecular weight excluding hydrogens is 359 g/mol. The van der Waals surface area contributed by atoms with Gasteiger partial charge in [0.1, 0.15) is 0 Å². The van der Waals surface area contributed by atoms with Crippen molar-refractivity contribution in [3.05, 3.63) is 77.0 Å². The summed E-state index contributed by atoms with van der Waals surface area (Å²) in [6.07, 6.45) is -4.57. The molecule has 0 radical (unpaired) electrons. The molecular formula is C19H16F3N3O2. The number of carbonyl (C=O) groups is 1. The summed E-state index contributed by atoms with van der Waals surface area (Å²) in [5.74, 6) is -1.07. The summed E-state index contributed by atoms with van der Waals surface area (Å²) in [5, 5.41) is 12.6. The highest BCUT2D eigenvalue weighted by atomic mass is 19.4. The van der Waals surface area contributed by atoms with E-state index < -0.39 is 17.8 Å². The van der Waals surface area contributed by atoms with Crippen molar-refractivity contribution in [3.8, 4) is 11.3 Å². The predicted octanol–water partition coefficient (Wildman–Crippen LogP) is 3.77. The fourth-order valence-electron chi connectivity index (χ4n) is 2.65. The van der Waals surface area contributed by atoms with Gasteiger partial charge in [-0.2, -0.15) is 18.3 Å². The molecule has 3 N–H and O–H groups in total. The van der Waals surface area contributed by atoms with E-state index in [0.29, 0.717) is 23.4 Å². The van der Waals surface area contributed by atoms with Crippen LogP contribution in [0, 0.1) is 0 Å². The van der Waals surface area contributed by atoms with Crippen LogP contribution in [0.2, 0.25) is 0 Å². The van der Waals surface area contributed by atoms with Gasteiger partial charge < -0.3 is 10.8 Å². The molecule has 0 fully saturated rings. The number of carboxylic acid groups (broad SMARTS) is 1. The SMILES string of the molecule is NCc1ccc(-c2cc(C(F)(F)F)nn2Cc2ccc(C(=O)O)cc2)cc1. The Morgan fingerprint density at radius 2 is 1.63 bits per heavy atom. The molecule has 0 atom stereocenters. The lowest BCUT2D eigenvalue weighted by atomic mass is 10.1. The van der Waals surface area contributed by atoms with Gasteiger partial charge in [-0.25, -0.2) is 4.79 Å². The van der Waals surface area contributed by atoms with Crippen molar-refractivity contribution in [1.82, 2.24) is 9.78 Å². The first-order valence-electron chi connectivity index (χ1n) is 8.04. The number of aromatic nitrogens is 2. The van der Waals surface area contributed by atoms with Gasteiger partial charge in [0.2, 0.25) is 0 Å². The van der Waals surface area contributed by atoms with E-state index in [2.05, 4.69) is 5.10 Å². The Hall–Kier alpha value is -3.13. The molecule has 1 heterocycles. The number of rotatable bonds is 5. The molecule has 0 aliphatic rings. The summed E-state index contributed by atoms with van der Waals surface area (Å²) in [6.45, 7) is 0.410. The lowest BCUT2D eigenvalue weighted by Crippen LogP contribution is -2.09. The highest BCUT2D eigenvalue weighted by Gasteiger charge is 2.35. The molecule has 27 heavy (non-hydrogen) atoms. The summed E-state index contributed by atoms with van der Waals surface area (Å²) >= 11 is 0. The summed E-state index contributed by atoms with van der Waals surface area (Å²) in [7, 11) is 0. The van der Waals surface area contributed by atoms with E-state index >= 15 is 0 Å². The third-order valence-electron chi connectivity index (χ3n) is 4.09. The van der Waals surface area contributed by atoms with Crippen molar-refractivity contribution in [1.29, 1.82) is 0 Å². The van der Waals surface area contributed by atoms with Crippen LogP contribution in [0.4, 0.5) is 13.2 Å². The maximum atomic E-state index is 13.1. The van der Waals surface area contributed by atoms with E-state index in [1.165, 1.54) is 16.8 Å². The molecule has 0 bridgehead atoms. The summed E-state index contributed by atoms with van der Waals surface area (Å²) in [5.41, 5.74) is 7.07. The van der Waals surface area contributed by atoms with Crippen LogP contribution in [0.3, 0.4) is 0 Å². The van der Waals surface area contributed by atoms with Crippen molar-refractivity contribution >= 4 is 5.97 Å². The molecule has 0 saturated heterocycles. The molecule has 0 unspecified atom stereocenters. The normalized spacial score (nSPS) is 11.6. The quantitative estimate of drug-likeness (QED) is 0.711. The van der Waals surface area contributed by atoms with Crippen LogP contribution in [0.15, 0.2) is 54.6 Å². The third kappa shape index (κ3) is 4.17.